The third kappa shape index (κ3) is 6.69. The Morgan fingerprint density at radius 3 is 2.34 bits per heavy atom. The summed E-state index contributed by atoms with van der Waals surface area (Å²) in [4.78, 5) is 23.9. The summed E-state index contributed by atoms with van der Waals surface area (Å²) in [5.74, 6) is -0.752. The highest BCUT2D eigenvalue weighted by Crippen LogP contribution is 2.16. The van der Waals surface area contributed by atoms with Gasteiger partial charge in [0.1, 0.15) is 0 Å². The molecule has 0 radical (unpaired) electrons. The Labute approximate surface area is 171 Å². The Morgan fingerprint density at radius 2 is 1.76 bits per heavy atom. The maximum Gasteiger partial charge on any atom is 0.338 e. The monoisotopic (exact) mass is 418 g/mol. The highest BCUT2D eigenvalue weighted by molar-refractivity contribution is 7.89. The van der Waals surface area contributed by atoms with Gasteiger partial charge in [0.25, 0.3) is 5.91 Å². The van der Waals surface area contributed by atoms with Gasteiger partial charge in [-0.1, -0.05) is 44.2 Å². The van der Waals surface area contributed by atoms with E-state index < -0.39 is 28.5 Å². The predicted octanol–water partition coefficient (Wildman–Crippen LogP) is 2.28. The number of hydrogen-bond acceptors (Lipinski definition) is 5. The van der Waals surface area contributed by atoms with Gasteiger partial charge in [-0.15, -0.1) is 0 Å². The van der Waals surface area contributed by atoms with Crippen molar-refractivity contribution in [3.63, 3.8) is 0 Å². The van der Waals surface area contributed by atoms with Crippen molar-refractivity contribution >= 4 is 21.9 Å². The Balaban J connectivity index is 1.84. The number of nitrogens with two attached hydrogens (primary N) is 1. The molecule has 0 aliphatic rings. The molecule has 156 valence electrons. The fourth-order valence-corrected chi connectivity index (χ4v) is 3.21. The summed E-state index contributed by atoms with van der Waals surface area (Å²) in [5, 5.41) is 7.77. The average molecular weight is 419 g/mol. The standard InChI is InChI=1S/C21H26N2O5S/c1-14(2)17-7-5-16(6-8-17)10-11-23-20(24)13-28-21(25)19-12-18(29(22,26)27)9-4-15(19)3/h4-9,12,14H,10-11,13H2,1-3H3,(H,23,24)(H2,22,26,27). The number of primary sulfonamides is 1. The quantitative estimate of drug-likeness (QED) is 0.638. The summed E-state index contributed by atoms with van der Waals surface area (Å²) in [6.45, 7) is 5.85. The van der Waals surface area contributed by atoms with Crippen molar-refractivity contribution in [2.45, 2.75) is 38.0 Å². The molecular weight excluding hydrogens is 392 g/mol. The second-order valence-electron chi connectivity index (χ2n) is 7.09. The molecule has 8 heteroatoms. The molecule has 0 saturated heterocycles. The number of benzene rings is 2. The summed E-state index contributed by atoms with van der Waals surface area (Å²) in [6, 6.07) is 12.1. The van der Waals surface area contributed by atoms with Crippen molar-refractivity contribution < 1.29 is 22.7 Å². The maximum absolute atomic E-state index is 12.2. The summed E-state index contributed by atoms with van der Waals surface area (Å²) in [5.41, 5.74) is 2.93. The minimum atomic E-state index is -3.94. The molecule has 0 atom stereocenters. The number of aryl methyl sites for hydroxylation is 1. The lowest BCUT2D eigenvalue weighted by Gasteiger charge is -2.10. The topological polar surface area (TPSA) is 116 Å². The number of sulfonamides is 1. The van der Waals surface area contributed by atoms with E-state index in [9.17, 15) is 18.0 Å². The zero-order valence-corrected chi connectivity index (χ0v) is 17.6. The van der Waals surface area contributed by atoms with Crippen LogP contribution >= 0.6 is 0 Å². The first-order chi connectivity index (χ1) is 13.6. The van der Waals surface area contributed by atoms with Crippen molar-refractivity contribution in [3.05, 3.63) is 64.7 Å². The summed E-state index contributed by atoms with van der Waals surface area (Å²) in [7, 11) is -3.94. The van der Waals surface area contributed by atoms with Crippen LogP contribution in [0.5, 0.6) is 0 Å². The van der Waals surface area contributed by atoms with Crippen LogP contribution in [0, 0.1) is 6.92 Å². The van der Waals surface area contributed by atoms with Gasteiger partial charge in [0.2, 0.25) is 10.0 Å². The van der Waals surface area contributed by atoms with Crippen LogP contribution in [0.25, 0.3) is 0 Å². The van der Waals surface area contributed by atoms with E-state index in [0.717, 1.165) is 11.6 Å². The molecule has 0 saturated carbocycles. The van der Waals surface area contributed by atoms with E-state index in [0.29, 0.717) is 24.4 Å². The minimum Gasteiger partial charge on any atom is -0.452 e. The van der Waals surface area contributed by atoms with Gasteiger partial charge < -0.3 is 10.1 Å². The number of ether oxygens (including phenoxy) is 1. The molecule has 7 nitrogen and oxygen atoms in total. The number of esters is 1. The Kier molecular flexibility index (Phi) is 7.53. The highest BCUT2D eigenvalue weighted by atomic mass is 32.2. The van der Waals surface area contributed by atoms with E-state index in [-0.39, 0.29) is 10.5 Å². The number of carbonyl (C=O) groups is 2. The van der Waals surface area contributed by atoms with E-state index in [1.807, 2.05) is 12.1 Å². The lowest BCUT2D eigenvalue weighted by molar-refractivity contribution is -0.124. The van der Waals surface area contributed by atoms with Gasteiger partial charge in [0, 0.05) is 6.54 Å². The third-order valence-electron chi connectivity index (χ3n) is 4.47. The molecule has 3 N–H and O–H groups in total. The van der Waals surface area contributed by atoms with Crippen molar-refractivity contribution in [2.24, 2.45) is 5.14 Å². The van der Waals surface area contributed by atoms with Crippen LogP contribution in [0.1, 0.15) is 46.8 Å². The average Bonchev–Trinajstić information content (AvgIpc) is 2.66. The second-order valence-corrected chi connectivity index (χ2v) is 8.66. The SMILES string of the molecule is Cc1ccc(S(N)(=O)=O)cc1C(=O)OCC(=O)NCCc1ccc(C(C)C)cc1. The number of amides is 1. The molecule has 2 aromatic carbocycles. The van der Waals surface area contributed by atoms with Gasteiger partial charge in [0.15, 0.2) is 6.61 Å². The summed E-state index contributed by atoms with van der Waals surface area (Å²) >= 11 is 0. The first-order valence-corrected chi connectivity index (χ1v) is 10.8. The van der Waals surface area contributed by atoms with Gasteiger partial charge >= 0.3 is 5.97 Å². The molecule has 0 fully saturated rings. The van der Waals surface area contributed by atoms with Gasteiger partial charge in [-0.25, -0.2) is 18.4 Å². The number of rotatable bonds is 8. The predicted molar refractivity (Wildman–Crippen MR) is 110 cm³/mol. The Bertz CT molecular complexity index is 983. The lowest BCUT2D eigenvalue weighted by Crippen LogP contribution is -2.30. The van der Waals surface area contributed by atoms with Gasteiger partial charge in [-0.05, 0) is 48.1 Å². The van der Waals surface area contributed by atoms with Crippen molar-refractivity contribution in [1.82, 2.24) is 5.32 Å². The largest absolute Gasteiger partial charge is 0.452 e. The first-order valence-electron chi connectivity index (χ1n) is 9.24. The Morgan fingerprint density at radius 1 is 1.10 bits per heavy atom. The zero-order valence-electron chi connectivity index (χ0n) is 16.8. The van der Waals surface area contributed by atoms with Gasteiger partial charge in [0.05, 0.1) is 10.5 Å². The van der Waals surface area contributed by atoms with Crippen molar-refractivity contribution in [1.29, 1.82) is 0 Å². The summed E-state index contributed by atoms with van der Waals surface area (Å²) < 4.78 is 27.9. The molecule has 2 rings (SSSR count). The lowest BCUT2D eigenvalue weighted by atomic mass is 10.0. The molecule has 0 heterocycles. The number of carbonyl (C=O) groups excluding carboxylic acids is 2. The van der Waals surface area contributed by atoms with Crippen molar-refractivity contribution in [2.75, 3.05) is 13.2 Å². The summed E-state index contributed by atoms with van der Waals surface area (Å²) in [6.07, 6.45) is 0.660. The van der Waals surface area contributed by atoms with Crippen LogP contribution < -0.4 is 10.5 Å². The molecule has 0 bridgehead atoms. The van der Waals surface area contributed by atoms with E-state index in [4.69, 9.17) is 9.88 Å². The molecule has 2 aromatic rings. The van der Waals surface area contributed by atoms with Crippen LogP contribution in [0.4, 0.5) is 0 Å². The first kappa shape index (κ1) is 22.6. The van der Waals surface area contributed by atoms with E-state index >= 15 is 0 Å². The molecule has 0 aromatic heterocycles. The van der Waals surface area contributed by atoms with Crippen LogP contribution in [0.15, 0.2) is 47.4 Å². The highest BCUT2D eigenvalue weighted by Gasteiger charge is 2.17. The molecule has 29 heavy (non-hydrogen) atoms. The molecule has 0 aliphatic heterocycles. The van der Waals surface area contributed by atoms with Crippen LogP contribution in [0.2, 0.25) is 0 Å². The number of hydrogen-bond donors (Lipinski definition) is 2. The second kappa shape index (κ2) is 9.67. The van der Waals surface area contributed by atoms with Crippen molar-refractivity contribution in [3.8, 4) is 0 Å². The molecule has 0 spiro atoms. The third-order valence-corrected chi connectivity index (χ3v) is 5.39. The van der Waals surface area contributed by atoms with Crippen LogP contribution in [-0.2, 0) is 26.0 Å². The zero-order chi connectivity index (χ0) is 21.6. The maximum atomic E-state index is 12.2. The van der Waals surface area contributed by atoms with Gasteiger partial charge in [-0.3, -0.25) is 4.79 Å². The van der Waals surface area contributed by atoms with Gasteiger partial charge in [-0.2, -0.15) is 0 Å². The Hall–Kier alpha value is -2.71. The van der Waals surface area contributed by atoms with E-state index in [1.54, 1.807) is 6.92 Å². The minimum absolute atomic E-state index is 0.0505. The molecule has 1 amide bonds. The molecule has 0 unspecified atom stereocenters. The van der Waals surface area contributed by atoms with Crippen LogP contribution in [-0.4, -0.2) is 33.4 Å². The molecular formula is C21H26N2O5S. The van der Waals surface area contributed by atoms with E-state index in [1.165, 1.54) is 17.7 Å². The van der Waals surface area contributed by atoms with Crippen LogP contribution in [0.3, 0.4) is 0 Å². The smallest absolute Gasteiger partial charge is 0.338 e. The number of nitrogens with one attached hydrogen (secondary N) is 1. The van der Waals surface area contributed by atoms with E-state index in [2.05, 4.69) is 31.3 Å². The fourth-order valence-electron chi connectivity index (χ4n) is 2.67. The molecule has 0 aliphatic carbocycles. The normalized spacial score (nSPS) is 11.3. The fraction of sp³-hybridized carbons (Fsp3) is 0.333.